The zero-order chi connectivity index (χ0) is 16.7. The van der Waals surface area contributed by atoms with E-state index in [1.807, 2.05) is 60.7 Å². The number of nitrogens with zero attached hydrogens (tertiary/aromatic N) is 1. The summed E-state index contributed by atoms with van der Waals surface area (Å²) in [5.74, 6) is -0.139. The maximum Gasteiger partial charge on any atom is 0.221 e. The Bertz CT molecular complexity index is 601. The Morgan fingerprint density at radius 1 is 1.04 bits per heavy atom. The minimum absolute atomic E-state index is 0.139. The number of rotatable bonds is 7. The Morgan fingerprint density at radius 3 is 2.09 bits per heavy atom. The lowest BCUT2D eigenvalue weighted by atomic mass is 10.0. The van der Waals surface area contributed by atoms with Gasteiger partial charge in [-0.05, 0) is 24.0 Å². The SMILES string of the molecule is CC(=O)N(Cc1ccccc1)C(N)C(O)CCc1ccccc1. The minimum Gasteiger partial charge on any atom is -0.390 e. The summed E-state index contributed by atoms with van der Waals surface area (Å²) in [5.41, 5.74) is 8.27. The summed E-state index contributed by atoms with van der Waals surface area (Å²) in [5, 5.41) is 10.4. The van der Waals surface area contributed by atoms with Gasteiger partial charge in [0.05, 0.1) is 6.10 Å². The summed E-state index contributed by atoms with van der Waals surface area (Å²) < 4.78 is 0. The van der Waals surface area contributed by atoms with Gasteiger partial charge < -0.3 is 15.7 Å². The highest BCUT2D eigenvalue weighted by Gasteiger charge is 2.24. The lowest BCUT2D eigenvalue weighted by Gasteiger charge is -2.31. The monoisotopic (exact) mass is 312 g/mol. The maximum atomic E-state index is 11.9. The first kappa shape index (κ1) is 17.2. The van der Waals surface area contributed by atoms with Gasteiger partial charge in [-0.3, -0.25) is 4.79 Å². The molecule has 4 nitrogen and oxygen atoms in total. The average molecular weight is 312 g/mol. The van der Waals surface area contributed by atoms with Gasteiger partial charge in [0, 0.05) is 13.5 Å². The first-order valence-corrected chi connectivity index (χ1v) is 7.86. The van der Waals surface area contributed by atoms with Crippen LogP contribution in [-0.2, 0) is 17.8 Å². The number of amides is 1. The second kappa shape index (κ2) is 8.46. The molecule has 0 fully saturated rings. The van der Waals surface area contributed by atoms with E-state index in [1.165, 1.54) is 11.8 Å². The fourth-order valence-electron chi connectivity index (χ4n) is 2.54. The molecule has 2 aromatic rings. The molecule has 0 saturated heterocycles. The van der Waals surface area contributed by atoms with Crippen molar-refractivity contribution in [2.45, 2.75) is 38.6 Å². The van der Waals surface area contributed by atoms with Crippen molar-refractivity contribution in [1.29, 1.82) is 0 Å². The third-order valence-electron chi connectivity index (χ3n) is 3.93. The van der Waals surface area contributed by atoms with Gasteiger partial charge in [0.2, 0.25) is 5.91 Å². The Balaban J connectivity index is 1.96. The molecule has 0 heterocycles. The number of benzene rings is 2. The molecule has 0 aliphatic carbocycles. The number of hydrogen-bond acceptors (Lipinski definition) is 3. The molecule has 0 aromatic heterocycles. The highest BCUT2D eigenvalue weighted by atomic mass is 16.3. The number of aliphatic hydroxyl groups excluding tert-OH is 1. The Hall–Kier alpha value is -2.17. The van der Waals surface area contributed by atoms with E-state index in [9.17, 15) is 9.90 Å². The van der Waals surface area contributed by atoms with Crippen LogP contribution in [0.25, 0.3) is 0 Å². The van der Waals surface area contributed by atoms with E-state index < -0.39 is 12.3 Å². The molecule has 0 aliphatic rings. The number of carbonyl (C=O) groups is 1. The van der Waals surface area contributed by atoms with Crippen LogP contribution >= 0.6 is 0 Å². The van der Waals surface area contributed by atoms with Crippen molar-refractivity contribution in [3.8, 4) is 0 Å². The van der Waals surface area contributed by atoms with E-state index in [2.05, 4.69) is 0 Å². The van der Waals surface area contributed by atoms with Crippen LogP contribution < -0.4 is 5.73 Å². The zero-order valence-corrected chi connectivity index (χ0v) is 13.4. The summed E-state index contributed by atoms with van der Waals surface area (Å²) >= 11 is 0. The van der Waals surface area contributed by atoms with Crippen molar-refractivity contribution in [2.75, 3.05) is 0 Å². The van der Waals surface area contributed by atoms with Crippen LogP contribution in [-0.4, -0.2) is 28.2 Å². The largest absolute Gasteiger partial charge is 0.390 e. The molecule has 1 amide bonds. The average Bonchev–Trinajstić information content (AvgIpc) is 2.58. The van der Waals surface area contributed by atoms with Crippen molar-refractivity contribution in [2.24, 2.45) is 5.73 Å². The van der Waals surface area contributed by atoms with E-state index in [0.29, 0.717) is 13.0 Å². The van der Waals surface area contributed by atoms with Gasteiger partial charge in [-0.15, -0.1) is 0 Å². The lowest BCUT2D eigenvalue weighted by molar-refractivity contribution is -0.134. The maximum absolute atomic E-state index is 11.9. The molecule has 0 spiro atoms. The van der Waals surface area contributed by atoms with Crippen LogP contribution in [0.5, 0.6) is 0 Å². The smallest absolute Gasteiger partial charge is 0.221 e. The normalized spacial score (nSPS) is 13.3. The molecule has 0 aliphatic heterocycles. The number of nitrogens with two attached hydrogens (primary N) is 1. The van der Waals surface area contributed by atoms with Crippen LogP contribution in [0.3, 0.4) is 0 Å². The molecule has 2 rings (SSSR count). The fraction of sp³-hybridized carbons (Fsp3) is 0.316. The van der Waals surface area contributed by atoms with Crippen molar-refractivity contribution < 1.29 is 9.90 Å². The van der Waals surface area contributed by atoms with Crippen molar-refractivity contribution in [3.05, 3.63) is 71.8 Å². The Labute approximate surface area is 137 Å². The summed E-state index contributed by atoms with van der Waals surface area (Å²) in [6, 6.07) is 19.6. The van der Waals surface area contributed by atoms with Crippen LogP contribution in [0.2, 0.25) is 0 Å². The van der Waals surface area contributed by atoms with E-state index in [-0.39, 0.29) is 5.91 Å². The molecule has 2 atom stereocenters. The van der Waals surface area contributed by atoms with Crippen LogP contribution in [0, 0.1) is 0 Å². The quantitative estimate of drug-likeness (QED) is 0.771. The summed E-state index contributed by atoms with van der Waals surface area (Å²) in [4.78, 5) is 13.4. The van der Waals surface area contributed by atoms with Gasteiger partial charge in [0.25, 0.3) is 0 Å². The van der Waals surface area contributed by atoms with Crippen LogP contribution in [0.15, 0.2) is 60.7 Å². The number of aryl methyl sites for hydroxylation is 1. The van der Waals surface area contributed by atoms with Gasteiger partial charge in [0.1, 0.15) is 6.17 Å². The zero-order valence-electron chi connectivity index (χ0n) is 13.4. The molecule has 0 bridgehead atoms. The Morgan fingerprint density at radius 2 is 1.57 bits per heavy atom. The Kier molecular flexibility index (Phi) is 6.32. The van der Waals surface area contributed by atoms with Gasteiger partial charge in [-0.1, -0.05) is 60.7 Å². The fourth-order valence-corrected chi connectivity index (χ4v) is 2.54. The van der Waals surface area contributed by atoms with Gasteiger partial charge in [0.15, 0.2) is 0 Å². The second-order valence-electron chi connectivity index (χ2n) is 5.71. The highest BCUT2D eigenvalue weighted by molar-refractivity contribution is 5.73. The molecule has 4 heteroatoms. The predicted molar refractivity (Wildman–Crippen MR) is 91.4 cm³/mol. The highest BCUT2D eigenvalue weighted by Crippen LogP contribution is 2.12. The second-order valence-corrected chi connectivity index (χ2v) is 5.71. The first-order valence-electron chi connectivity index (χ1n) is 7.86. The molecular formula is C19H24N2O2. The summed E-state index contributed by atoms with van der Waals surface area (Å²) in [7, 11) is 0. The molecule has 122 valence electrons. The van der Waals surface area contributed by atoms with Crippen molar-refractivity contribution >= 4 is 5.91 Å². The molecule has 0 saturated carbocycles. The molecular weight excluding hydrogens is 288 g/mol. The van der Waals surface area contributed by atoms with E-state index in [0.717, 1.165) is 17.5 Å². The number of carbonyl (C=O) groups excluding carboxylic acids is 1. The van der Waals surface area contributed by atoms with E-state index >= 15 is 0 Å². The molecule has 2 aromatic carbocycles. The minimum atomic E-state index is -0.761. The molecule has 3 N–H and O–H groups in total. The van der Waals surface area contributed by atoms with Gasteiger partial charge in [-0.2, -0.15) is 0 Å². The van der Waals surface area contributed by atoms with Crippen LogP contribution in [0.1, 0.15) is 24.5 Å². The summed E-state index contributed by atoms with van der Waals surface area (Å²) in [6.45, 7) is 1.88. The van der Waals surface area contributed by atoms with Gasteiger partial charge in [-0.25, -0.2) is 0 Å². The van der Waals surface area contributed by atoms with Crippen molar-refractivity contribution in [3.63, 3.8) is 0 Å². The standard InChI is InChI=1S/C19H24N2O2/c1-15(22)21(14-17-10-6-3-7-11-17)19(20)18(23)13-12-16-8-4-2-5-9-16/h2-11,18-19,23H,12-14,20H2,1H3. The van der Waals surface area contributed by atoms with E-state index in [1.54, 1.807) is 0 Å². The molecule has 2 unspecified atom stereocenters. The topological polar surface area (TPSA) is 66.6 Å². The third-order valence-corrected chi connectivity index (χ3v) is 3.93. The summed E-state index contributed by atoms with van der Waals surface area (Å²) in [6.07, 6.45) is -0.226. The number of aliphatic hydroxyl groups is 1. The van der Waals surface area contributed by atoms with Gasteiger partial charge >= 0.3 is 0 Å². The van der Waals surface area contributed by atoms with E-state index in [4.69, 9.17) is 5.73 Å². The van der Waals surface area contributed by atoms with Crippen molar-refractivity contribution in [1.82, 2.24) is 4.90 Å². The first-order chi connectivity index (χ1) is 11.1. The number of hydrogen-bond donors (Lipinski definition) is 2. The predicted octanol–water partition coefficient (Wildman–Crippen LogP) is 2.31. The third kappa shape index (κ3) is 5.20. The molecule has 23 heavy (non-hydrogen) atoms. The lowest BCUT2D eigenvalue weighted by Crippen LogP contribution is -2.51. The molecule has 0 radical (unpaired) electrons. The van der Waals surface area contributed by atoms with Crippen LogP contribution in [0.4, 0.5) is 0 Å².